The molecule has 1 aromatic rings. The van der Waals surface area contributed by atoms with Crippen molar-refractivity contribution in [2.75, 3.05) is 6.54 Å². The quantitative estimate of drug-likeness (QED) is 0.787. The number of hydrogen-bond donors (Lipinski definition) is 2. The largest absolute Gasteiger partial charge is 0.416 e. The standard InChI is InChI=1S/C16H24F3NO/c1-4-15(5-2,6-3)20-11-14(21)12-7-9-13(10-8-12)16(17,18)19/h7-10,14,20-21H,4-6,11H2,1-3H3. The normalized spacial score (nSPS) is 14.2. The fraction of sp³-hybridized carbons (Fsp3) is 0.625. The average Bonchev–Trinajstić information content (AvgIpc) is 2.48. The molecule has 5 heteroatoms. The van der Waals surface area contributed by atoms with Crippen molar-refractivity contribution in [3.8, 4) is 0 Å². The lowest BCUT2D eigenvalue weighted by molar-refractivity contribution is -0.137. The molecule has 1 aromatic carbocycles. The van der Waals surface area contributed by atoms with Crippen molar-refractivity contribution < 1.29 is 18.3 Å². The minimum atomic E-state index is -4.34. The maximum Gasteiger partial charge on any atom is 0.416 e. The molecule has 0 spiro atoms. The Bertz CT molecular complexity index is 416. The first kappa shape index (κ1) is 18.0. The zero-order valence-corrected chi connectivity index (χ0v) is 12.8. The van der Waals surface area contributed by atoms with Crippen molar-refractivity contribution in [3.05, 3.63) is 35.4 Å². The smallest absolute Gasteiger partial charge is 0.387 e. The van der Waals surface area contributed by atoms with Gasteiger partial charge in [0.25, 0.3) is 0 Å². The summed E-state index contributed by atoms with van der Waals surface area (Å²) in [6.07, 6.45) is -2.32. The number of halogens is 3. The highest BCUT2D eigenvalue weighted by atomic mass is 19.4. The van der Waals surface area contributed by atoms with Crippen molar-refractivity contribution in [3.63, 3.8) is 0 Å². The molecular weight excluding hydrogens is 279 g/mol. The van der Waals surface area contributed by atoms with E-state index in [-0.39, 0.29) is 5.54 Å². The molecule has 0 saturated carbocycles. The van der Waals surface area contributed by atoms with Crippen LogP contribution in [0.25, 0.3) is 0 Å². The molecule has 120 valence electrons. The third-order valence-electron chi connectivity index (χ3n) is 4.32. The molecule has 1 unspecified atom stereocenters. The Balaban J connectivity index is 2.70. The number of hydrogen-bond acceptors (Lipinski definition) is 2. The van der Waals surface area contributed by atoms with E-state index in [1.54, 1.807) is 0 Å². The first-order chi connectivity index (χ1) is 9.78. The summed E-state index contributed by atoms with van der Waals surface area (Å²) >= 11 is 0. The van der Waals surface area contributed by atoms with Gasteiger partial charge >= 0.3 is 6.18 Å². The first-order valence-electron chi connectivity index (χ1n) is 7.38. The molecule has 0 heterocycles. The summed E-state index contributed by atoms with van der Waals surface area (Å²) in [6.45, 7) is 6.60. The number of nitrogens with one attached hydrogen (secondary N) is 1. The van der Waals surface area contributed by atoms with E-state index in [9.17, 15) is 18.3 Å². The number of β-amino-alcohol motifs (C(OH)–C–C–N with tert-alkyl or cyclic N) is 1. The molecule has 0 aliphatic carbocycles. The van der Waals surface area contributed by atoms with E-state index < -0.39 is 17.8 Å². The molecule has 0 bridgehead atoms. The molecule has 0 aromatic heterocycles. The van der Waals surface area contributed by atoms with Gasteiger partial charge in [0.15, 0.2) is 0 Å². The monoisotopic (exact) mass is 303 g/mol. The van der Waals surface area contributed by atoms with Gasteiger partial charge in [0, 0.05) is 12.1 Å². The van der Waals surface area contributed by atoms with Gasteiger partial charge in [0.2, 0.25) is 0 Å². The van der Waals surface area contributed by atoms with Gasteiger partial charge in [-0.2, -0.15) is 13.2 Å². The van der Waals surface area contributed by atoms with Crippen molar-refractivity contribution in [1.82, 2.24) is 5.32 Å². The Labute approximate surface area is 124 Å². The zero-order valence-electron chi connectivity index (χ0n) is 12.8. The fourth-order valence-electron chi connectivity index (χ4n) is 2.45. The summed E-state index contributed by atoms with van der Waals surface area (Å²) in [4.78, 5) is 0. The minimum Gasteiger partial charge on any atom is -0.387 e. The maximum atomic E-state index is 12.5. The molecule has 0 fully saturated rings. The van der Waals surface area contributed by atoms with Crippen LogP contribution in [0.5, 0.6) is 0 Å². The molecule has 2 N–H and O–H groups in total. The number of rotatable bonds is 7. The highest BCUT2D eigenvalue weighted by Gasteiger charge is 2.30. The summed E-state index contributed by atoms with van der Waals surface area (Å²) in [6, 6.07) is 4.68. The lowest BCUT2D eigenvalue weighted by Crippen LogP contribution is -2.45. The van der Waals surface area contributed by atoms with Crippen LogP contribution in [-0.4, -0.2) is 17.2 Å². The molecule has 0 aliphatic rings. The zero-order chi connectivity index (χ0) is 16.1. The predicted octanol–water partition coefficient (Wildman–Crippen LogP) is 4.30. The van der Waals surface area contributed by atoms with Crippen LogP contribution in [0.2, 0.25) is 0 Å². The van der Waals surface area contributed by atoms with E-state index in [4.69, 9.17) is 0 Å². The molecule has 2 nitrogen and oxygen atoms in total. The second kappa shape index (κ2) is 7.27. The van der Waals surface area contributed by atoms with Gasteiger partial charge in [-0.05, 0) is 37.0 Å². The van der Waals surface area contributed by atoms with Gasteiger partial charge in [0.1, 0.15) is 0 Å². The second-order valence-corrected chi connectivity index (χ2v) is 5.36. The molecule has 1 atom stereocenters. The molecule has 21 heavy (non-hydrogen) atoms. The predicted molar refractivity (Wildman–Crippen MR) is 78.0 cm³/mol. The average molecular weight is 303 g/mol. The molecule has 0 radical (unpaired) electrons. The summed E-state index contributed by atoms with van der Waals surface area (Å²) in [7, 11) is 0. The van der Waals surface area contributed by atoms with Gasteiger partial charge in [-0.1, -0.05) is 32.9 Å². The summed E-state index contributed by atoms with van der Waals surface area (Å²) in [5.74, 6) is 0. The Morgan fingerprint density at radius 1 is 1.00 bits per heavy atom. The molecular formula is C16H24F3NO. The van der Waals surface area contributed by atoms with E-state index >= 15 is 0 Å². The molecule has 0 amide bonds. The first-order valence-corrected chi connectivity index (χ1v) is 7.38. The molecule has 0 saturated heterocycles. The summed E-state index contributed by atoms with van der Waals surface area (Å²) < 4.78 is 37.5. The van der Waals surface area contributed by atoms with Gasteiger partial charge in [-0.25, -0.2) is 0 Å². The minimum absolute atomic E-state index is 0.0209. The number of benzene rings is 1. The van der Waals surface area contributed by atoms with Crippen LogP contribution in [0.1, 0.15) is 57.3 Å². The lowest BCUT2D eigenvalue weighted by atomic mass is 9.89. The van der Waals surface area contributed by atoms with Crippen LogP contribution in [0.15, 0.2) is 24.3 Å². The number of alkyl halides is 3. The van der Waals surface area contributed by atoms with Gasteiger partial charge in [-0.15, -0.1) is 0 Å². The summed E-state index contributed by atoms with van der Waals surface area (Å²) in [5, 5.41) is 13.5. The van der Waals surface area contributed by atoms with Gasteiger partial charge in [0.05, 0.1) is 11.7 Å². The van der Waals surface area contributed by atoms with E-state index in [0.29, 0.717) is 12.1 Å². The number of aliphatic hydroxyl groups is 1. The molecule has 1 rings (SSSR count). The van der Waals surface area contributed by atoms with Crippen molar-refractivity contribution in [2.45, 2.75) is 57.9 Å². The van der Waals surface area contributed by atoms with Gasteiger partial charge in [-0.3, -0.25) is 0 Å². The Morgan fingerprint density at radius 3 is 1.86 bits per heavy atom. The van der Waals surface area contributed by atoms with Crippen LogP contribution < -0.4 is 5.32 Å². The Kier molecular flexibility index (Phi) is 6.23. The van der Waals surface area contributed by atoms with Crippen LogP contribution in [0, 0.1) is 0 Å². The van der Waals surface area contributed by atoms with Crippen LogP contribution in [-0.2, 0) is 6.18 Å². The van der Waals surface area contributed by atoms with Crippen LogP contribution >= 0.6 is 0 Å². The summed E-state index contributed by atoms with van der Waals surface area (Å²) in [5.41, 5.74) is -0.225. The lowest BCUT2D eigenvalue weighted by Gasteiger charge is -2.33. The van der Waals surface area contributed by atoms with Crippen molar-refractivity contribution in [1.29, 1.82) is 0 Å². The molecule has 0 aliphatic heterocycles. The highest BCUT2D eigenvalue weighted by Crippen LogP contribution is 2.30. The highest BCUT2D eigenvalue weighted by molar-refractivity contribution is 5.26. The van der Waals surface area contributed by atoms with Crippen molar-refractivity contribution in [2.24, 2.45) is 0 Å². The Hall–Kier alpha value is -1.07. The maximum absolute atomic E-state index is 12.5. The third-order valence-corrected chi connectivity index (χ3v) is 4.32. The van der Waals surface area contributed by atoms with E-state index in [2.05, 4.69) is 26.1 Å². The topological polar surface area (TPSA) is 32.3 Å². The van der Waals surface area contributed by atoms with Crippen molar-refractivity contribution >= 4 is 0 Å². The number of aliphatic hydroxyl groups excluding tert-OH is 1. The van der Waals surface area contributed by atoms with E-state index in [1.807, 2.05) is 0 Å². The van der Waals surface area contributed by atoms with Crippen LogP contribution in [0.4, 0.5) is 13.2 Å². The SMILES string of the molecule is CCC(CC)(CC)NCC(O)c1ccc(C(F)(F)F)cc1. The van der Waals surface area contributed by atoms with E-state index in [0.717, 1.165) is 31.4 Å². The van der Waals surface area contributed by atoms with E-state index in [1.165, 1.54) is 12.1 Å². The Morgan fingerprint density at radius 2 is 1.48 bits per heavy atom. The third kappa shape index (κ3) is 4.71. The second-order valence-electron chi connectivity index (χ2n) is 5.36. The fourth-order valence-corrected chi connectivity index (χ4v) is 2.45. The van der Waals surface area contributed by atoms with Crippen LogP contribution in [0.3, 0.4) is 0 Å². The van der Waals surface area contributed by atoms with Gasteiger partial charge < -0.3 is 10.4 Å².